The predicted molar refractivity (Wildman–Crippen MR) is 75.4 cm³/mol. The van der Waals surface area contributed by atoms with E-state index in [0.29, 0.717) is 0 Å². The maximum Gasteiger partial charge on any atom is 0.0108 e. The molecular formula is C14H22N2S. The summed E-state index contributed by atoms with van der Waals surface area (Å²) < 4.78 is 0. The Labute approximate surface area is 109 Å². The van der Waals surface area contributed by atoms with Gasteiger partial charge in [-0.1, -0.05) is 18.2 Å². The average Bonchev–Trinajstić information content (AvgIpc) is 2.41. The lowest BCUT2D eigenvalue weighted by atomic mass is 9.97. The standard InChI is InChI=1S/C14H22N2S/c15-12-13-6-8-16(9-7-13)10-11-17-14-4-2-1-3-5-14/h1-5,13H,6-12,15H2. The SMILES string of the molecule is NCC1CCN(CCSc2ccccc2)CC1. The number of rotatable bonds is 5. The first-order chi connectivity index (χ1) is 8.38. The monoisotopic (exact) mass is 250 g/mol. The number of nitrogens with zero attached hydrogens (tertiary/aromatic N) is 1. The first kappa shape index (κ1) is 12.9. The van der Waals surface area contributed by atoms with Gasteiger partial charge in [0.1, 0.15) is 0 Å². The zero-order valence-corrected chi connectivity index (χ0v) is 11.2. The fourth-order valence-electron chi connectivity index (χ4n) is 2.26. The molecule has 0 saturated carbocycles. The molecule has 0 unspecified atom stereocenters. The van der Waals surface area contributed by atoms with Crippen molar-refractivity contribution in [3.05, 3.63) is 30.3 Å². The molecule has 1 fully saturated rings. The number of benzene rings is 1. The lowest BCUT2D eigenvalue weighted by Gasteiger charge is -2.31. The van der Waals surface area contributed by atoms with Gasteiger partial charge < -0.3 is 10.6 Å². The van der Waals surface area contributed by atoms with Crippen LogP contribution in [-0.4, -0.2) is 36.8 Å². The smallest absolute Gasteiger partial charge is 0.0108 e. The van der Waals surface area contributed by atoms with E-state index in [1.807, 2.05) is 11.8 Å². The Morgan fingerprint density at radius 3 is 2.53 bits per heavy atom. The van der Waals surface area contributed by atoms with E-state index in [1.165, 1.54) is 43.1 Å². The Kier molecular flexibility index (Phi) is 5.36. The number of hydrogen-bond donors (Lipinski definition) is 1. The van der Waals surface area contributed by atoms with Crippen LogP contribution in [0, 0.1) is 5.92 Å². The second-order valence-corrected chi connectivity index (χ2v) is 5.85. The van der Waals surface area contributed by atoms with Crippen LogP contribution in [0.3, 0.4) is 0 Å². The molecule has 0 bridgehead atoms. The van der Waals surface area contributed by atoms with Crippen LogP contribution in [0.25, 0.3) is 0 Å². The minimum Gasteiger partial charge on any atom is -0.330 e. The van der Waals surface area contributed by atoms with Gasteiger partial charge in [-0.2, -0.15) is 0 Å². The van der Waals surface area contributed by atoms with Gasteiger partial charge in [-0.05, 0) is 50.5 Å². The Morgan fingerprint density at radius 1 is 1.18 bits per heavy atom. The number of thioether (sulfide) groups is 1. The zero-order chi connectivity index (χ0) is 11.9. The van der Waals surface area contributed by atoms with Crippen molar-refractivity contribution in [2.75, 3.05) is 31.9 Å². The van der Waals surface area contributed by atoms with E-state index in [0.717, 1.165) is 12.5 Å². The average molecular weight is 250 g/mol. The molecule has 2 rings (SSSR count). The van der Waals surface area contributed by atoms with E-state index in [1.54, 1.807) is 0 Å². The van der Waals surface area contributed by atoms with E-state index in [9.17, 15) is 0 Å². The third kappa shape index (κ3) is 4.34. The van der Waals surface area contributed by atoms with Crippen molar-refractivity contribution in [3.8, 4) is 0 Å². The molecule has 1 heterocycles. The molecule has 1 aromatic rings. The molecule has 3 heteroatoms. The molecule has 0 aliphatic carbocycles. The molecule has 0 amide bonds. The van der Waals surface area contributed by atoms with Gasteiger partial charge in [-0.15, -0.1) is 11.8 Å². The zero-order valence-electron chi connectivity index (χ0n) is 10.3. The molecule has 17 heavy (non-hydrogen) atoms. The van der Waals surface area contributed by atoms with Gasteiger partial charge >= 0.3 is 0 Å². The number of nitrogens with two attached hydrogens (primary N) is 1. The normalized spacial score (nSPS) is 18.4. The van der Waals surface area contributed by atoms with Crippen LogP contribution in [0.1, 0.15) is 12.8 Å². The highest BCUT2D eigenvalue weighted by atomic mass is 32.2. The summed E-state index contributed by atoms with van der Waals surface area (Å²) in [5, 5.41) is 0. The number of likely N-dealkylation sites (tertiary alicyclic amines) is 1. The van der Waals surface area contributed by atoms with Crippen LogP contribution in [0.15, 0.2) is 35.2 Å². The van der Waals surface area contributed by atoms with Gasteiger partial charge in [0.2, 0.25) is 0 Å². The van der Waals surface area contributed by atoms with Crippen molar-refractivity contribution in [2.24, 2.45) is 11.7 Å². The first-order valence-electron chi connectivity index (χ1n) is 6.49. The Bertz CT molecular complexity index is 307. The molecule has 94 valence electrons. The summed E-state index contributed by atoms with van der Waals surface area (Å²) >= 11 is 1.95. The number of hydrogen-bond acceptors (Lipinski definition) is 3. The van der Waals surface area contributed by atoms with Gasteiger partial charge in [0.05, 0.1) is 0 Å². The van der Waals surface area contributed by atoms with Crippen molar-refractivity contribution in [1.82, 2.24) is 4.90 Å². The Balaban J connectivity index is 1.63. The summed E-state index contributed by atoms with van der Waals surface area (Å²) in [5.74, 6) is 1.96. The Morgan fingerprint density at radius 2 is 1.88 bits per heavy atom. The molecule has 2 N–H and O–H groups in total. The quantitative estimate of drug-likeness (QED) is 0.814. The van der Waals surface area contributed by atoms with Gasteiger partial charge in [-0.3, -0.25) is 0 Å². The van der Waals surface area contributed by atoms with Gasteiger partial charge in [0, 0.05) is 17.2 Å². The van der Waals surface area contributed by atoms with Crippen molar-refractivity contribution in [2.45, 2.75) is 17.7 Å². The molecule has 0 spiro atoms. The van der Waals surface area contributed by atoms with Gasteiger partial charge in [0.15, 0.2) is 0 Å². The molecule has 1 saturated heterocycles. The molecule has 2 nitrogen and oxygen atoms in total. The van der Waals surface area contributed by atoms with Gasteiger partial charge in [0.25, 0.3) is 0 Å². The second kappa shape index (κ2) is 7.04. The minimum atomic E-state index is 0.771. The Hall–Kier alpha value is -0.510. The van der Waals surface area contributed by atoms with E-state index < -0.39 is 0 Å². The summed E-state index contributed by atoms with van der Waals surface area (Å²) in [6.45, 7) is 4.54. The first-order valence-corrected chi connectivity index (χ1v) is 7.47. The van der Waals surface area contributed by atoms with Crippen molar-refractivity contribution in [3.63, 3.8) is 0 Å². The molecule has 1 aliphatic heterocycles. The van der Waals surface area contributed by atoms with Gasteiger partial charge in [-0.25, -0.2) is 0 Å². The van der Waals surface area contributed by atoms with Crippen LogP contribution in [0.4, 0.5) is 0 Å². The maximum absolute atomic E-state index is 5.70. The summed E-state index contributed by atoms with van der Waals surface area (Å²) in [5.41, 5.74) is 5.70. The van der Waals surface area contributed by atoms with E-state index in [2.05, 4.69) is 35.2 Å². The summed E-state index contributed by atoms with van der Waals surface area (Å²) in [6.07, 6.45) is 2.57. The highest BCUT2D eigenvalue weighted by Gasteiger charge is 2.17. The lowest BCUT2D eigenvalue weighted by molar-refractivity contribution is 0.197. The topological polar surface area (TPSA) is 29.3 Å². The van der Waals surface area contributed by atoms with Crippen LogP contribution >= 0.6 is 11.8 Å². The fraction of sp³-hybridized carbons (Fsp3) is 0.571. The van der Waals surface area contributed by atoms with Crippen molar-refractivity contribution >= 4 is 11.8 Å². The molecule has 1 aromatic carbocycles. The molecule has 0 atom stereocenters. The molecular weight excluding hydrogens is 228 g/mol. The van der Waals surface area contributed by atoms with E-state index in [-0.39, 0.29) is 0 Å². The fourth-order valence-corrected chi connectivity index (χ4v) is 3.19. The highest BCUT2D eigenvalue weighted by molar-refractivity contribution is 7.99. The second-order valence-electron chi connectivity index (χ2n) is 4.68. The molecule has 0 radical (unpaired) electrons. The third-order valence-corrected chi connectivity index (χ3v) is 4.45. The van der Waals surface area contributed by atoms with Crippen LogP contribution in [-0.2, 0) is 0 Å². The van der Waals surface area contributed by atoms with Crippen LogP contribution < -0.4 is 5.73 Å². The predicted octanol–water partition coefficient (Wildman–Crippen LogP) is 2.45. The summed E-state index contributed by atoms with van der Waals surface area (Å²) in [4.78, 5) is 3.95. The molecule has 0 aromatic heterocycles. The summed E-state index contributed by atoms with van der Waals surface area (Å²) in [6, 6.07) is 10.7. The molecule has 1 aliphatic rings. The van der Waals surface area contributed by atoms with E-state index in [4.69, 9.17) is 5.73 Å². The highest BCUT2D eigenvalue weighted by Crippen LogP contribution is 2.19. The van der Waals surface area contributed by atoms with Crippen LogP contribution in [0.2, 0.25) is 0 Å². The lowest BCUT2D eigenvalue weighted by Crippen LogP contribution is -2.37. The third-order valence-electron chi connectivity index (χ3n) is 3.46. The largest absolute Gasteiger partial charge is 0.330 e. The van der Waals surface area contributed by atoms with E-state index >= 15 is 0 Å². The minimum absolute atomic E-state index is 0.771. The number of piperidine rings is 1. The summed E-state index contributed by atoms with van der Waals surface area (Å²) in [7, 11) is 0. The maximum atomic E-state index is 5.70. The van der Waals surface area contributed by atoms with Crippen molar-refractivity contribution in [1.29, 1.82) is 0 Å². The van der Waals surface area contributed by atoms with Crippen molar-refractivity contribution < 1.29 is 0 Å². The van der Waals surface area contributed by atoms with Crippen LogP contribution in [0.5, 0.6) is 0 Å².